The van der Waals surface area contributed by atoms with Gasteiger partial charge in [0.15, 0.2) is 6.10 Å². The number of rotatable bonds is 9. The van der Waals surface area contributed by atoms with Gasteiger partial charge in [-0.25, -0.2) is 4.79 Å². The van der Waals surface area contributed by atoms with Gasteiger partial charge in [0.1, 0.15) is 18.1 Å². The number of carbonyl (C=O) groups excluding carboxylic acids is 1. The van der Waals surface area contributed by atoms with Gasteiger partial charge >= 0.3 is 5.97 Å². The third-order valence-corrected chi connectivity index (χ3v) is 5.01. The normalized spacial score (nSPS) is 11.8. The minimum absolute atomic E-state index is 0.353. The van der Waals surface area contributed by atoms with Crippen molar-refractivity contribution in [2.24, 2.45) is 0 Å². The molecule has 0 amide bonds. The van der Waals surface area contributed by atoms with Gasteiger partial charge in [-0.15, -0.1) is 0 Å². The molecule has 0 spiro atoms. The summed E-state index contributed by atoms with van der Waals surface area (Å²) in [4.78, 5) is 17.2. The summed E-state index contributed by atoms with van der Waals surface area (Å²) in [6.45, 7) is 2.64. The molecule has 1 atom stereocenters. The van der Waals surface area contributed by atoms with Crippen molar-refractivity contribution in [1.29, 1.82) is 0 Å². The van der Waals surface area contributed by atoms with Crippen molar-refractivity contribution >= 4 is 16.9 Å². The van der Waals surface area contributed by atoms with Gasteiger partial charge in [-0.2, -0.15) is 0 Å². The second kappa shape index (κ2) is 10.6. The molecule has 5 nitrogen and oxygen atoms in total. The highest BCUT2D eigenvalue weighted by molar-refractivity contribution is 5.79. The van der Waals surface area contributed by atoms with Gasteiger partial charge in [-0.1, -0.05) is 54.6 Å². The van der Waals surface area contributed by atoms with E-state index in [1.54, 1.807) is 12.1 Å². The van der Waals surface area contributed by atoms with Crippen LogP contribution in [0.1, 0.15) is 18.1 Å². The summed E-state index contributed by atoms with van der Waals surface area (Å²) < 4.78 is 17.3. The van der Waals surface area contributed by atoms with E-state index in [9.17, 15) is 4.79 Å². The molecule has 0 aliphatic heterocycles. The Morgan fingerprint density at radius 3 is 2.53 bits per heavy atom. The number of fused-ring (bicyclic) bond motifs is 1. The highest BCUT2D eigenvalue weighted by Crippen LogP contribution is 2.23. The van der Waals surface area contributed by atoms with Crippen molar-refractivity contribution in [3.63, 3.8) is 0 Å². The number of hydrogen-bond donors (Lipinski definition) is 0. The average Bonchev–Trinajstić information content (AvgIpc) is 2.83. The van der Waals surface area contributed by atoms with Crippen molar-refractivity contribution in [2.75, 3.05) is 6.61 Å². The molecule has 3 aromatic carbocycles. The number of carbonyl (C=O) groups is 1. The van der Waals surface area contributed by atoms with Gasteiger partial charge < -0.3 is 14.2 Å². The van der Waals surface area contributed by atoms with E-state index in [1.807, 2.05) is 79.9 Å². The van der Waals surface area contributed by atoms with E-state index in [0.717, 1.165) is 22.0 Å². The number of benzene rings is 3. The van der Waals surface area contributed by atoms with Crippen LogP contribution in [0.2, 0.25) is 0 Å². The topological polar surface area (TPSA) is 57.7 Å². The molecule has 5 heteroatoms. The van der Waals surface area contributed by atoms with Crippen molar-refractivity contribution in [2.45, 2.75) is 26.1 Å². The number of aromatic nitrogens is 1. The van der Waals surface area contributed by atoms with Crippen LogP contribution in [0, 0.1) is 0 Å². The molecule has 0 fully saturated rings. The Morgan fingerprint density at radius 2 is 1.69 bits per heavy atom. The second-order valence-electron chi connectivity index (χ2n) is 7.31. The SMILES string of the molecule is CCOC(Cc1ccccc1OCc1cnc2ccccc2c1)C(=O)Oc1ccccc1. The molecule has 0 radical (unpaired) electrons. The lowest BCUT2D eigenvalue weighted by Crippen LogP contribution is -2.31. The first-order valence-electron chi connectivity index (χ1n) is 10.7. The van der Waals surface area contributed by atoms with Crippen LogP contribution in [0.4, 0.5) is 0 Å². The molecule has 0 N–H and O–H groups in total. The summed E-state index contributed by atoms with van der Waals surface area (Å²) in [5, 5.41) is 1.07. The molecular formula is C27H25NO4. The Morgan fingerprint density at radius 1 is 0.938 bits per heavy atom. The van der Waals surface area contributed by atoms with Crippen LogP contribution in [-0.4, -0.2) is 23.7 Å². The van der Waals surface area contributed by atoms with E-state index < -0.39 is 12.1 Å². The van der Waals surface area contributed by atoms with Crippen LogP contribution in [0.15, 0.2) is 91.1 Å². The summed E-state index contributed by atoms with van der Waals surface area (Å²) in [6, 6.07) is 26.7. The summed E-state index contributed by atoms with van der Waals surface area (Å²) in [6.07, 6.45) is 1.45. The highest BCUT2D eigenvalue weighted by Gasteiger charge is 2.23. The Hall–Kier alpha value is -3.70. The zero-order chi connectivity index (χ0) is 22.2. The third-order valence-electron chi connectivity index (χ3n) is 5.01. The predicted octanol–water partition coefficient (Wildman–Crippen LogP) is 5.37. The van der Waals surface area contributed by atoms with E-state index in [1.165, 1.54) is 0 Å². The number of pyridine rings is 1. The summed E-state index contributed by atoms with van der Waals surface area (Å²) in [5.41, 5.74) is 2.81. The number of esters is 1. The molecule has 1 unspecified atom stereocenters. The molecule has 0 saturated heterocycles. The van der Waals surface area contributed by atoms with Crippen molar-refractivity contribution < 1.29 is 19.0 Å². The van der Waals surface area contributed by atoms with Crippen molar-refractivity contribution in [3.05, 3.63) is 102 Å². The Balaban J connectivity index is 1.46. The Bertz CT molecular complexity index is 1180. The number of nitrogens with zero attached hydrogens (tertiary/aromatic N) is 1. The van der Waals surface area contributed by atoms with Crippen LogP contribution in [0.3, 0.4) is 0 Å². The van der Waals surface area contributed by atoms with Gasteiger partial charge in [0.2, 0.25) is 0 Å². The zero-order valence-corrected chi connectivity index (χ0v) is 17.9. The molecule has 4 aromatic rings. The van der Waals surface area contributed by atoms with Gasteiger partial charge in [0.25, 0.3) is 0 Å². The fourth-order valence-corrected chi connectivity index (χ4v) is 3.45. The van der Waals surface area contributed by atoms with Crippen molar-refractivity contribution in [3.8, 4) is 11.5 Å². The zero-order valence-electron chi connectivity index (χ0n) is 17.9. The average molecular weight is 428 g/mol. The van der Waals surface area contributed by atoms with Crippen LogP contribution in [0.5, 0.6) is 11.5 Å². The molecule has 1 heterocycles. The van der Waals surface area contributed by atoms with Crippen LogP contribution in [-0.2, 0) is 22.6 Å². The standard InChI is InChI=1S/C27H25NO4/c1-2-30-26(27(29)32-23-12-4-3-5-13-23)17-22-11-7-9-15-25(22)31-19-20-16-21-10-6-8-14-24(21)28-18-20/h3-16,18,26H,2,17,19H2,1H3. The Labute approximate surface area is 187 Å². The quantitative estimate of drug-likeness (QED) is 0.266. The molecule has 4 rings (SSSR count). The second-order valence-corrected chi connectivity index (χ2v) is 7.31. The first kappa shape index (κ1) is 21.5. The largest absolute Gasteiger partial charge is 0.489 e. The minimum Gasteiger partial charge on any atom is -0.489 e. The summed E-state index contributed by atoms with van der Waals surface area (Å²) in [5.74, 6) is 0.778. The molecule has 1 aromatic heterocycles. The van der Waals surface area contributed by atoms with Crippen LogP contribution in [0.25, 0.3) is 10.9 Å². The predicted molar refractivity (Wildman–Crippen MR) is 124 cm³/mol. The number of ether oxygens (including phenoxy) is 3. The molecule has 32 heavy (non-hydrogen) atoms. The molecule has 0 bridgehead atoms. The molecular weight excluding hydrogens is 402 g/mol. The van der Waals surface area contributed by atoms with E-state index in [-0.39, 0.29) is 0 Å². The first-order chi connectivity index (χ1) is 15.7. The minimum atomic E-state index is -0.729. The molecule has 0 saturated carbocycles. The van der Waals surface area contributed by atoms with Gasteiger partial charge in [0.05, 0.1) is 5.52 Å². The molecule has 0 aliphatic carbocycles. The maximum atomic E-state index is 12.7. The van der Waals surface area contributed by atoms with E-state index in [2.05, 4.69) is 11.1 Å². The number of para-hydroxylation sites is 3. The summed E-state index contributed by atoms with van der Waals surface area (Å²) >= 11 is 0. The van der Waals surface area contributed by atoms with E-state index in [4.69, 9.17) is 14.2 Å². The van der Waals surface area contributed by atoms with Gasteiger partial charge in [-0.3, -0.25) is 4.98 Å². The van der Waals surface area contributed by atoms with Gasteiger partial charge in [-0.05, 0) is 42.8 Å². The summed E-state index contributed by atoms with van der Waals surface area (Å²) in [7, 11) is 0. The first-order valence-corrected chi connectivity index (χ1v) is 10.7. The number of hydrogen-bond acceptors (Lipinski definition) is 5. The fraction of sp³-hybridized carbons (Fsp3) is 0.185. The molecule has 0 aliphatic rings. The van der Waals surface area contributed by atoms with Crippen LogP contribution >= 0.6 is 0 Å². The van der Waals surface area contributed by atoms with E-state index in [0.29, 0.717) is 31.1 Å². The maximum absolute atomic E-state index is 12.7. The van der Waals surface area contributed by atoms with Gasteiger partial charge in [0, 0.05) is 30.2 Å². The third kappa shape index (κ3) is 5.50. The lowest BCUT2D eigenvalue weighted by molar-refractivity contribution is -0.147. The maximum Gasteiger partial charge on any atom is 0.340 e. The fourth-order valence-electron chi connectivity index (χ4n) is 3.45. The Kier molecular flexibility index (Phi) is 7.10. The smallest absolute Gasteiger partial charge is 0.340 e. The van der Waals surface area contributed by atoms with Crippen LogP contribution < -0.4 is 9.47 Å². The highest BCUT2D eigenvalue weighted by atomic mass is 16.6. The van der Waals surface area contributed by atoms with E-state index >= 15 is 0 Å². The lowest BCUT2D eigenvalue weighted by Gasteiger charge is -2.18. The molecule has 162 valence electrons. The van der Waals surface area contributed by atoms with Crippen molar-refractivity contribution in [1.82, 2.24) is 4.98 Å². The lowest BCUT2D eigenvalue weighted by atomic mass is 10.1. The monoisotopic (exact) mass is 427 g/mol.